The summed E-state index contributed by atoms with van der Waals surface area (Å²) in [6, 6.07) is 4.89. The molecule has 0 saturated heterocycles. The summed E-state index contributed by atoms with van der Waals surface area (Å²) < 4.78 is 0. The zero-order valence-corrected chi connectivity index (χ0v) is 13.1. The van der Waals surface area contributed by atoms with Crippen molar-refractivity contribution in [3.05, 3.63) is 33.8 Å². The van der Waals surface area contributed by atoms with E-state index in [0.29, 0.717) is 15.6 Å². The fourth-order valence-electron chi connectivity index (χ4n) is 1.48. The Labute approximate surface area is 133 Å². The Bertz CT molecular complexity index is 483. The zero-order valence-electron chi connectivity index (χ0n) is 10.8. The molecule has 1 atom stereocenters. The molecule has 0 spiro atoms. The Morgan fingerprint density at radius 2 is 1.95 bits per heavy atom. The lowest BCUT2D eigenvalue weighted by Crippen LogP contribution is -2.40. The number of carbonyl (C=O) groups excluding carboxylic acids is 2. The molecule has 0 aromatic heterocycles. The van der Waals surface area contributed by atoms with Crippen molar-refractivity contribution in [2.45, 2.75) is 13.0 Å². The maximum Gasteiger partial charge on any atom is 0.239 e. The second-order valence-corrected chi connectivity index (χ2v) is 4.70. The standard InChI is InChI=1S/C12H15Cl2N3O2.ClH/c1-7(8-3-2-4-9(13)12(8)14)17-11(19)6-16-10(18)5-15;/h2-4,7H,5-6,15H2,1H3,(H,16,18)(H,17,19);1H. The highest BCUT2D eigenvalue weighted by Gasteiger charge is 2.14. The monoisotopic (exact) mass is 339 g/mol. The summed E-state index contributed by atoms with van der Waals surface area (Å²) in [6.07, 6.45) is 0. The molecule has 2 amide bonds. The van der Waals surface area contributed by atoms with E-state index in [1.54, 1.807) is 25.1 Å². The molecule has 0 saturated carbocycles. The Kier molecular flexibility index (Phi) is 8.57. The Morgan fingerprint density at radius 3 is 2.55 bits per heavy atom. The second-order valence-electron chi connectivity index (χ2n) is 3.91. The number of hydrogen-bond acceptors (Lipinski definition) is 3. The first kappa shape index (κ1) is 19.0. The second kappa shape index (κ2) is 9.02. The molecule has 1 unspecified atom stereocenters. The molecule has 0 aliphatic carbocycles. The first-order valence-corrected chi connectivity index (χ1v) is 6.41. The van der Waals surface area contributed by atoms with Crippen LogP contribution in [-0.2, 0) is 9.59 Å². The number of benzene rings is 1. The van der Waals surface area contributed by atoms with Crippen molar-refractivity contribution in [3.63, 3.8) is 0 Å². The van der Waals surface area contributed by atoms with Gasteiger partial charge < -0.3 is 16.4 Å². The van der Waals surface area contributed by atoms with Crippen LogP contribution in [0, 0.1) is 0 Å². The number of nitrogens with one attached hydrogen (secondary N) is 2. The van der Waals surface area contributed by atoms with E-state index in [1.165, 1.54) is 0 Å². The van der Waals surface area contributed by atoms with Gasteiger partial charge in [-0.25, -0.2) is 0 Å². The van der Waals surface area contributed by atoms with Gasteiger partial charge in [-0.05, 0) is 18.6 Å². The van der Waals surface area contributed by atoms with Gasteiger partial charge in [0.05, 0.1) is 29.2 Å². The Balaban J connectivity index is 0.00000361. The smallest absolute Gasteiger partial charge is 0.239 e. The fraction of sp³-hybridized carbons (Fsp3) is 0.333. The number of nitrogens with two attached hydrogens (primary N) is 1. The lowest BCUT2D eigenvalue weighted by molar-refractivity contribution is -0.125. The first-order chi connectivity index (χ1) is 8.95. The van der Waals surface area contributed by atoms with Crippen LogP contribution >= 0.6 is 35.6 Å². The molecule has 0 heterocycles. The number of halogens is 3. The van der Waals surface area contributed by atoms with E-state index >= 15 is 0 Å². The average molecular weight is 341 g/mol. The van der Waals surface area contributed by atoms with Gasteiger partial charge >= 0.3 is 0 Å². The van der Waals surface area contributed by atoms with Gasteiger partial charge in [-0.1, -0.05) is 35.3 Å². The third-order valence-corrected chi connectivity index (χ3v) is 3.29. The Hall–Kier alpha value is -1.01. The van der Waals surface area contributed by atoms with E-state index in [-0.39, 0.29) is 43.4 Å². The molecule has 0 aliphatic heterocycles. The van der Waals surface area contributed by atoms with E-state index in [4.69, 9.17) is 28.9 Å². The largest absolute Gasteiger partial charge is 0.348 e. The molecule has 1 aromatic rings. The molecular weight excluding hydrogens is 325 g/mol. The van der Waals surface area contributed by atoms with Crippen molar-refractivity contribution in [3.8, 4) is 0 Å². The summed E-state index contributed by atoms with van der Waals surface area (Å²) >= 11 is 12.0. The van der Waals surface area contributed by atoms with E-state index in [9.17, 15) is 9.59 Å². The minimum atomic E-state index is -0.386. The van der Waals surface area contributed by atoms with Gasteiger partial charge in [0.2, 0.25) is 11.8 Å². The van der Waals surface area contributed by atoms with Crippen LogP contribution in [0.5, 0.6) is 0 Å². The highest BCUT2D eigenvalue weighted by Crippen LogP contribution is 2.29. The molecule has 0 bridgehead atoms. The quantitative estimate of drug-likeness (QED) is 0.762. The molecule has 8 heteroatoms. The summed E-state index contributed by atoms with van der Waals surface area (Å²) in [4.78, 5) is 22.5. The van der Waals surface area contributed by atoms with Crippen molar-refractivity contribution < 1.29 is 9.59 Å². The first-order valence-electron chi connectivity index (χ1n) is 5.65. The predicted molar refractivity (Wildman–Crippen MR) is 82.3 cm³/mol. The number of hydrogen-bond donors (Lipinski definition) is 3. The molecule has 0 radical (unpaired) electrons. The van der Waals surface area contributed by atoms with Crippen LogP contribution in [-0.4, -0.2) is 24.9 Å². The van der Waals surface area contributed by atoms with Gasteiger partial charge in [0.1, 0.15) is 0 Å². The molecule has 5 nitrogen and oxygen atoms in total. The topological polar surface area (TPSA) is 84.2 Å². The van der Waals surface area contributed by atoms with E-state index in [0.717, 1.165) is 0 Å². The minimum absolute atomic E-state index is 0. The maximum atomic E-state index is 11.6. The molecule has 4 N–H and O–H groups in total. The maximum absolute atomic E-state index is 11.6. The fourth-order valence-corrected chi connectivity index (χ4v) is 1.95. The van der Waals surface area contributed by atoms with Crippen molar-refractivity contribution >= 4 is 47.4 Å². The highest BCUT2D eigenvalue weighted by atomic mass is 35.5. The molecular formula is C12H16Cl3N3O2. The van der Waals surface area contributed by atoms with Crippen molar-refractivity contribution in [1.29, 1.82) is 0 Å². The van der Waals surface area contributed by atoms with Gasteiger partial charge in [-0.15, -0.1) is 12.4 Å². The lowest BCUT2D eigenvalue weighted by atomic mass is 10.1. The number of amides is 2. The summed E-state index contributed by atoms with van der Waals surface area (Å²) in [6.45, 7) is 1.50. The van der Waals surface area contributed by atoms with Crippen LogP contribution in [0.1, 0.15) is 18.5 Å². The SMILES string of the molecule is CC(NC(=O)CNC(=O)CN)c1cccc(Cl)c1Cl.Cl. The van der Waals surface area contributed by atoms with Crippen molar-refractivity contribution in [2.24, 2.45) is 5.73 Å². The summed E-state index contributed by atoms with van der Waals surface area (Å²) in [7, 11) is 0. The summed E-state index contributed by atoms with van der Waals surface area (Å²) in [5.74, 6) is -0.714. The number of rotatable bonds is 5. The van der Waals surface area contributed by atoms with E-state index in [2.05, 4.69) is 10.6 Å². The van der Waals surface area contributed by atoms with Gasteiger partial charge in [-0.2, -0.15) is 0 Å². The van der Waals surface area contributed by atoms with Gasteiger partial charge in [0, 0.05) is 0 Å². The normalized spacial score (nSPS) is 11.2. The molecule has 0 aliphatic rings. The average Bonchev–Trinajstić information content (AvgIpc) is 2.38. The molecule has 1 aromatic carbocycles. The van der Waals surface area contributed by atoms with Crippen molar-refractivity contribution in [2.75, 3.05) is 13.1 Å². The van der Waals surface area contributed by atoms with Gasteiger partial charge in [-0.3, -0.25) is 9.59 Å². The van der Waals surface area contributed by atoms with E-state index < -0.39 is 0 Å². The van der Waals surface area contributed by atoms with Crippen LogP contribution in [0.2, 0.25) is 10.0 Å². The van der Waals surface area contributed by atoms with E-state index in [1.807, 2.05) is 0 Å². The van der Waals surface area contributed by atoms with Gasteiger partial charge in [0.25, 0.3) is 0 Å². The molecule has 112 valence electrons. The number of carbonyl (C=O) groups is 2. The zero-order chi connectivity index (χ0) is 14.4. The third-order valence-electron chi connectivity index (χ3n) is 2.46. The molecule has 1 rings (SSSR count). The van der Waals surface area contributed by atoms with Crippen LogP contribution in [0.3, 0.4) is 0 Å². The van der Waals surface area contributed by atoms with Crippen molar-refractivity contribution in [1.82, 2.24) is 10.6 Å². The summed E-state index contributed by atoms with van der Waals surface area (Å²) in [5.41, 5.74) is 5.83. The van der Waals surface area contributed by atoms with Crippen LogP contribution in [0.25, 0.3) is 0 Å². The van der Waals surface area contributed by atoms with Crippen LogP contribution < -0.4 is 16.4 Å². The summed E-state index contributed by atoms with van der Waals surface area (Å²) in [5, 5.41) is 5.92. The molecule has 20 heavy (non-hydrogen) atoms. The lowest BCUT2D eigenvalue weighted by Gasteiger charge is -2.16. The molecule has 0 fully saturated rings. The third kappa shape index (κ3) is 5.54. The Morgan fingerprint density at radius 1 is 1.30 bits per heavy atom. The highest BCUT2D eigenvalue weighted by molar-refractivity contribution is 6.42. The minimum Gasteiger partial charge on any atom is -0.348 e. The van der Waals surface area contributed by atoms with Crippen LogP contribution in [0.15, 0.2) is 18.2 Å². The van der Waals surface area contributed by atoms with Crippen LogP contribution in [0.4, 0.5) is 0 Å². The van der Waals surface area contributed by atoms with Gasteiger partial charge in [0.15, 0.2) is 0 Å². The predicted octanol–water partition coefficient (Wildman–Crippen LogP) is 1.67.